The molecule has 3 nitrogen and oxygen atoms in total. The van der Waals surface area contributed by atoms with Crippen molar-refractivity contribution in [2.45, 2.75) is 23.6 Å². The van der Waals surface area contributed by atoms with Gasteiger partial charge in [-0.1, -0.05) is 42.0 Å². The Kier molecular flexibility index (Phi) is 4.75. The van der Waals surface area contributed by atoms with Crippen molar-refractivity contribution in [1.29, 1.82) is 0 Å². The number of nitrogens with zero attached hydrogens (tertiary/aromatic N) is 1. The highest BCUT2D eigenvalue weighted by molar-refractivity contribution is 8.01. The smallest absolute Gasteiger partial charge is 0.199 e. The molecule has 0 aliphatic carbocycles. The van der Waals surface area contributed by atoms with Gasteiger partial charge in [0.1, 0.15) is 0 Å². The zero-order valence-electron chi connectivity index (χ0n) is 12.0. The van der Waals surface area contributed by atoms with E-state index in [1.165, 1.54) is 0 Å². The largest absolute Gasteiger partial charge is 0.288 e. The third-order valence-corrected chi connectivity index (χ3v) is 6.28. The van der Waals surface area contributed by atoms with E-state index in [1.54, 1.807) is 29.7 Å². The SMILES string of the molecule is C=C/S(=N\S(=O)(=O)c1ccc(C)cc1)c1ccc(C)cc1. The zero-order valence-corrected chi connectivity index (χ0v) is 13.6. The number of benzene rings is 2. The van der Waals surface area contributed by atoms with Crippen LogP contribution in [0, 0.1) is 13.8 Å². The highest BCUT2D eigenvalue weighted by atomic mass is 32.3. The molecular weight excluding hydrogens is 302 g/mol. The van der Waals surface area contributed by atoms with Crippen LogP contribution in [0.15, 0.2) is 74.1 Å². The average molecular weight is 319 g/mol. The van der Waals surface area contributed by atoms with Gasteiger partial charge in [0, 0.05) is 4.90 Å². The maximum absolute atomic E-state index is 12.3. The Morgan fingerprint density at radius 2 is 1.43 bits per heavy atom. The van der Waals surface area contributed by atoms with Gasteiger partial charge in [-0.25, -0.2) is 0 Å². The molecule has 0 fully saturated rings. The lowest BCUT2D eigenvalue weighted by Gasteiger charge is -2.05. The molecule has 2 rings (SSSR count). The van der Waals surface area contributed by atoms with Gasteiger partial charge in [0.05, 0.1) is 4.90 Å². The summed E-state index contributed by atoms with van der Waals surface area (Å²) in [5.41, 5.74) is 2.13. The van der Waals surface area contributed by atoms with Crippen molar-refractivity contribution >= 4 is 20.7 Å². The van der Waals surface area contributed by atoms with Gasteiger partial charge in [-0.3, -0.25) is 0 Å². The molecular formula is C16H17NO2S2. The Morgan fingerprint density at radius 1 is 0.952 bits per heavy atom. The molecule has 0 aliphatic rings. The molecule has 2 aromatic rings. The normalized spacial score (nSPS) is 13.0. The van der Waals surface area contributed by atoms with Crippen LogP contribution in [0.2, 0.25) is 0 Å². The molecule has 1 atom stereocenters. The minimum atomic E-state index is -3.68. The molecule has 0 saturated heterocycles. The third-order valence-electron chi connectivity index (χ3n) is 2.92. The lowest BCUT2D eigenvalue weighted by molar-refractivity contribution is 0.598. The van der Waals surface area contributed by atoms with E-state index >= 15 is 0 Å². The summed E-state index contributed by atoms with van der Waals surface area (Å²) in [7, 11) is -4.56. The predicted octanol–water partition coefficient (Wildman–Crippen LogP) is 4.00. The first kappa shape index (κ1) is 15.7. The number of hydrogen-bond donors (Lipinski definition) is 0. The molecule has 21 heavy (non-hydrogen) atoms. The molecule has 0 N–H and O–H groups in total. The maximum Gasteiger partial charge on any atom is 0.288 e. The summed E-state index contributed by atoms with van der Waals surface area (Å²) in [4.78, 5) is 1.05. The zero-order chi connectivity index (χ0) is 15.5. The van der Waals surface area contributed by atoms with Gasteiger partial charge in [0.25, 0.3) is 10.0 Å². The minimum Gasteiger partial charge on any atom is -0.199 e. The Morgan fingerprint density at radius 3 is 1.90 bits per heavy atom. The van der Waals surface area contributed by atoms with Gasteiger partial charge in [0.15, 0.2) is 0 Å². The van der Waals surface area contributed by atoms with Crippen LogP contribution in [-0.4, -0.2) is 8.42 Å². The van der Waals surface area contributed by atoms with Crippen LogP contribution in [0.3, 0.4) is 0 Å². The average Bonchev–Trinajstić information content (AvgIpc) is 2.46. The standard InChI is InChI=1S/C16H17NO2S2/c1-4-20(15-9-5-13(2)6-10-15)17-21(18,19)16-11-7-14(3)8-12-16/h4-12H,1H2,2-3H3. The molecule has 0 saturated carbocycles. The number of aryl methyl sites for hydroxylation is 2. The van der Waals surface area contributed by atoms with Gasteiger partial charge in [-0.05, 0) is 54.2 Å². The van der Waals surface area contributed by atoms with Crippen LogP contribution in [0.25, 0.3) is 0 Å². The fourth-order valence-electron chi connectivity index (χ4n) is 1.71. The van der Waals surface area contributed by atoms with Crippen molar-refractivity contribution in [2.75, 3.05) is 0 Å². The van der Waals surface area contributed by atoms with E-state index in [4.69, 9.17) is 0 Å². The van der Waals surface area contributed by atoms with Crippen molar-refractivity contribution in [2.24, 2.45) is 3.77 Å². The fourth-order valence-corrected chi connectivity index (χ4v) is 4.57. The van der Waals surface area contributed by atoms with E-state index in [0.717, 1.165) is 16.0 Å². The molecule has 2 aromatic carbocycles. The van der Waals surface area contributed by atoms with Gasteiger partial charge >= 0.3 is 0 Å². The molecule has 0 amide bonds. The van der Waals surface area contributed by atoms with Crippen molar-refractivity contribution < 1.29 is 8.42 Å². The van der Waals surface area contributed by atoms with Gasteiger partial charge < -0.3 is 0 Å². The first-order valence-electron chi connectivity index (χ1n) is 6.39. The molecule has 0 bridgehead atoms. The Labute approximate surface area is 128 Å². The summed E-state index contributed by atoms with van der Waals surface area (Å²) in [6, 6.07) is 14.3. The highest BCUT2D eigenvalue weighted by Gasteiger charge is 2.13. The maximum atomic E-state index is 12.3. The molecule has 110 valence electrons. The molecule has 0 heterocycles. The van der Waals surface area contributed by atoms with Crippen molar-refractivity contribution in [3.8, 4) is 0 Å². The van der Waals surface area contributed by atoms with E-state index in [2.05, 4.69) is 10.3 Å². The lowest BCUT2D eigenvalue weighted by Crippen LogP contribution is -1.99. The Balaban J connectivity index is 2.45. The molecule has 0 spiro atoms. The summed E-state index contributed by atoms with van der Waals surface area (Å²) >= 11 is 0. The lowest BCUT2D eigenvalue weighted by atomic mass is 10.2. The summed E-state index contributed by atoms with van der Waals surface area (Å²) in [6.45, 7) is 7.60. The van der Waals surface area contributed by atoms with Gasteiger partial charge in [0.2, 0.25) is 0 Å². The first-order valence-corrected chi connectivity index (χ1v) is 9.08. The van der Waals surface area contributed by atoms with E-state index in [9.17, 15) is 8.42 Å². The second kappa shape index (κ2) is 6.37. The number of hydrogen-bond acceptors (Lipinski definition) is 2. The van der Waals surface area contributed by atoms with Gasteiger partial charge in [-0.2, -0.15) is 8.42 Å². The summed E-state index contributed by atoms with van der Waals surface area (Å²) < 4.78 is 28.7. The third kappa shape index (κ3) is 3.89. The van der Waals surface area contributed by atoms with E-state index < -0.39 is 20.7 Å². The number of sulfonamides is 1. The van der Waals surface area contributed by atoms with E-state index in [0.29, 0.717) is 0 Å². The van der Waals surface area contributed by atoms with Gasteiger partial charge in [-0.15, -0.1) is 3.77 Å². The van der Waals surface area contributed by atoms with Crippen LogP contribution in [0.1, 0.15) is 11.1 Å². The second-order valence-corrected chi connectivity index (χ2v) is 8.11. The Hall–Kier alpha value is -1.72. The predicted molar refractivity (Wildman–Crippen MR) is 87.8 cm³/mol. The van der Waals surface area contributed by atoms with Crippen LogP contribution in [0.4, 0.5) is 0 Å². The molecule has 0 radical (unpaired) electrons. The second-order valence-electron chi connectivity index (χ2n) is 4.66. The van der Waals surface area contributed by atoms with Crippen LogP contribution >= 0.6 is 0 Å². The molecule has 0 aromatic heterocycles. The molecule has 0 aliphatic heterocycles. The quantitative estimate of drug-likeness (QED) is 0.855. The van der Waals surface area contributed by atoms with Crippen LogP contribution < -0.4 is 0 Å². The molecule has 1 unspecified atom stereocenters. The monoisotopic (exact) mass is 319 g/mol. The summed E-state index contributed by atoms with van der Waals surface area (Å²) in [5.74, 6) is 0. The van der Waals surface area contributed by atoms with E-state index in [1.807, 2.05) is 38.1 Å². The van der Waals surface area contributed by atoms with Crippen molar-refractivity contribution in [1.82, 2.24) is 0 Å². The Bertz CT molecular complexity index is 774. The highest BCUT2D eigenvalue weighted by Crippen LogP contribution is 2.18. The van der Waals surface area contributed by atoms with Crippen molar-refractivity contribution in [3.63, 3.8) is 0 Å². The fraction of sp³-hybridized carbons (Fsp3) is 0.125. The van der Waals surface area contributed by atoms with Crippen molar-refractivity contribution in [3.05, 3.63) is 71.6 Å². The topological polar surface area (TPSA) is 46.5 Å². The first-order chi connectivity index (χ1) is 9.92. The van der Waals surface area contributed by atoms with E-state index in [-0.39, 0.29) is 4.90 Å². The number of rotatable bonds is 4. The summed E-state index contributed by atoms with van der Waals surface area (Å²) in [5, 5.41) is 1.57. The minimum absolute atomic E-state index is 0.208. The van der Waals surface area contributed by atoms with Crippen LogP contribution in [0.5, 0.6) is 0 Å². The molecule has 5 heteroatoms. The summed E-state index contributed by atoms with van der Waals surface area (Å²) in [6.07, 6.45) is 0. The van der Waals surface area contributed by atoms with Crippen LogP contribution in [-0.2, 0) is 20.7 Å².